The summed E-state index contributed by atoms with van der Waals surface area (Å²) in [5.41, 5.74) is 5.50. The molecular weight excluding hydrogens is 490 g/mol. The van der Waals surface area contributed by atoms with Crippen LogP contribution in [0.4, 0.5) is 4.39 Å². The largest absolute Gasteiger partial charge is 0.505 e. The Labute approximate surface area is 214 Å². The van der Waals surface area contributed by atoms with Gasteiger partial charge in [0.05, 0.1) is 6.54 Å². The Morgan fingerprint density at radius 1 is 0.973 bits per heavy atom. The first-order chi connectivity index (χ1) is 17.7. The van der Waals surface area contributed by atoms with Gasteiger partial charge in [0.2, 0.25) is 0 Å². The molecule has 2 heterocycles. The van der Waals surface area contributed by atoms with Gasteiger partial charge in [-0.25, -0.2) is 4.39 Å². The molecule has 9 heteroatoms. The second kappa shape index (κ2) is 9.87. The molecule has 0 aliphatic carbocycles. The molecule has 0 bridgehead atoms. The van der Waals surface area contributed by atoms with Gasteiger partial charge in [0.1, 0.15) is 13.0 Å². The highest BCUT2D eigenvalue weighted by Gasteiger charge is 2.30. The molecular formula is C28H28FN4O3P. The maximum Gasteiger partial charge on any atom is 0.274 e. The van der Waals surface area contributed by atoms with Crippen molar-refractivity contribution in [2.45, 2.75) is 19.6 Å². The minimum atomic E-state index is -2.47. The molecule has 190 valence electrons. The van der Waals surface area contributed by atoms with Crippen molar-refractivity contribution in [3.05, 3.63) is 101 Å². The highest BCUT2D eigenvalue weighted by atomic mass is 31.2. The van der Waals surface area contributed by atoms with Crippen molar-refractivity contribution in [3.8, 4) is 5.75 Å². The van der Waals surface area contributed by atoms with E-state index in [1.54, 1.807) is 47.1 Å². The average molecular weight is 519 g/mol. The number of aromatic nitrogens is 1. The zero-order valence-electron chi connectivity index (χ0n) is 20.7. The fourth-order valence-corrected chi connectivity index (χ4v) is 6.05. The van der Waals surface area contributed by atoms with Gasteiger partial charge in [-0.05, 0) is 36.6 Å². The minimum Gasteiger partial charge on any atom is -0.505 e. The Morgan fingerprint density at radius 3 is 2.38 bits per heavy atom. The Hall–Kier alpha value is -3.90. The summed E-state index contributed by atoms with van der Waals surface area (Å²) in [5.74, 6) is -0.745. The first-order valence-corrected chi connectivity index (χ1v) is 14.6. The average Bonchev–Trinajstić information content (AvgIpc) is 2.88. The number of hydrogen-bond acceptors (Lipinski definition) is 5. The maximum absolute atomic E-state index is 13.5. The third-order valence-electron chi connectivity index (χ3n) is 6.57. The van der Waals surface area contributed by atoms with Crippen LogP contribution in [0.5, 0.6) is 5.75 Å². The number of aromatic hydroxyl groups is 1. The number of nitrogens with one attached hydrogen (secondary N) is 1. The molecule has 5 rings (SSSR count). The van der Waals surface area contributed by atoms with Gasteiger partial charge in [-0.2, -0.15) is 5.10 Å². The summed E-state index contributed by atoms with van der Waals surface area (Å²) in [5, 5.41) is 17.8. The Morgan fingerprint density at radius 2 is 1.65 bits per heavy atom. The van der Waals surface area contributed by atoms with Gasteiger partial charge in [0, 0.05) is 35.7 Å². The van der Waals surface area contributed by atoms with Crippen LogP contribution >= 0.6 is 7.14 Å². The van der Waals surface area contributed by atoms with Gasteiger partial charge < -0.3 is 24.6 Å². The summed E-state index contributed by atoms with van der Waals surface area (Å²) in [7, 11) is -2.47. The van der Waals surface area contributed by atoms with Crippen LogP contribution < -0.4 is 16.2 Å². The van der Waals surface area contributed by atoms with Crippen LogP contribution in [0.15, 0.2) is 77.9 Å². The summed E-state index contributed by atoms with van der Waals surface area (Å²) < 4.78 is 27.8. The fraction of sp³-hybridized carbons (Fsp3) is 0.214. The third kappa shape index (κ3) is 4.89. The number of fused-ring (bicyclic) bond motifs is 2. The van der Waals surface area contributed by atoms with Gasteiger partial charge in [-0.3, -0.25) is 4.79 Å². The quantitative estimate of drug-likeness (QED) is 0.299. The number of carbonyl (C=O) groups excluding carboxylic acids is 1. The molecule has 1 aliphatic rings. The van der Waals surface area contributed by atoms with Crippen molar-refractivity contribution in [2.75, 3.05) is 19.9 Å². The summed E-state index contributed by atoms with van der Waals surface area (Å²) in [6, 6.07) is 20.9. The smallest absolute Gasteiger partial charge is 0.274 e. The van der Waals surface area contributed by atoms with E-state index in [1.807, 2.05) is 36.4 Å². The molecule has 1 aromatic heterocycles. The zero-order valence-corrected chi connectivity index (χ0v) is 21.6. The van der Waals surface area contributed by atoms with Crippen molar-refractivity contribution in [2.24, 2.45) is 5.10 Å². The van der Waals surface area contributed by atoms with Crippen LogP contribution in [-0.2, 0) is 24.2 Å². The highest BCUT2D eigenvalue weighted by molar-refractivity contribution is 7.70. The van der Waals surface area contributed by atoms with Crippen LogP contribution in [-0.4, -0.2) is 40.4 Å². The van der Waals surface area contributed by atoms with E-state index < -0.39 is 7.14 Å². The molecule has 37 heavy (non-hydrogen) atoms. The normalized spacial score (nSPS) is 14.2. The second-order valence-electron chi connectivity index (χ2n) is 9.50. The maximum atomic E-state index is 13.5. The van der Waals surface area contributed by atoms with Crippen LogP contribution in [0.2, 0.25) is 0 Å². The van der Waals surface area contributed by atoms with Crippen LogP contribution in [0.3, 0.4) is 0 Å². The van der Waals surface area contributed by atoms with Crippen molar-refractivity contribution in [3.63, 3.8) is 0 Å². The lowest BCUT2D eigenvalue weighted by Crippen LogP contribution is -2.44. The Kier molecular flexibility index (Phi) is 6.61. The molecule has 4 aromatic rings. The minimum absolute atomic E-state index is 0.0911. The van der Waals surface area contributed by atoms with Crippen LogP contribution in [0.25, 0.3) is 10.8 Å². The molecule has 0 spiro atoms. The molecule has 3 aromatic carbocycles. The predicted octanol–water partition coefficient (Wildman–Crippen LogP) is 4.00. The van der Waals surface area contributed by atoms with E-state index in [0.29, 0.717) is 42.4 Å². The standard InChI is InChI=1S/C28H28FN4O3P/c1-37(2,36)24-10-6-3-7-20(24)17-30-31-27-23-9-5-4-8-22(23)26(34)25-28(35)32(15-16-33(25)27)18-19-11-13-21(29)14-12-19/h3-14,30,34H,15-18H2,1-2H3/b31-27+. The molecule has 0 atom stereocenters. The molecule has 0 saturated carbocycles. The number of carbonyl (C=O) groups is 1. The van der Waals surface area contributed by atoms with E-state index in [0.717, 1.165) is 16.4 Å². The molecule has 7 nitrogen and oxygen atoms in total. The van der Waals surface area contributed by atoms with E-state index in [2.05, 4.69) is 10.5 Å². The number of amides is 1. The molecule has 0 fully saturated rings. The molecule has 0 saturated heterocycles. The molecule has 2 N–H and O–H groups in total. The molecule has 1 amide bonds. The third-order valence-corrected chi connectivity index (χ3v) is 8.17. The number of nitrogens with zero attached hydrogens (tertiary/aromatic N) is 3. The van der Waals surface area contributed by atoms with Crippen molar-refractivity contribution < 1.29 is 18.9 Å². The predicted molar refractivity (Wildman–Crippen MR) is 143 cm³/mol. The number of pyridine rings is 1. The summed E-state index contributed by atoms with van der Waals surface area (Å²) in [4.78, 5) is 15.2. The molecule has 0 radical (unpaired) electrons. The monoisotopic (exact) mass is 518 g/mol. The van der Waals surface area contributed by atoms with Crippen molar-refractivity contribution in [1.29, 1.82) is 0 Å². The first-order valence-electron chi connectivity index (χ1n) is 12.0. The summed E-state index contributed by atoms with van der Waals surface area (Å²) in [6.07, 6.45) is 0. The lowest BCUT2D eigenvalue weighted by molar-refractivity contribution is 0.0681. The van der Waals surface area contributed by atoms with Gasteiger partial charge in [0.15, 0.2) is 16.9 Å². The second-order valence-corrected chi connectivity index (χ2v) is 12.7. The topological polar surface area (TPSA) is 86.9 Å². The fourth-order valence-electron chi connectivity index (χ4n) is 4.76. The van der Waals surface area contributed by atoms with Crippen molar-refractivity contribution in [1.82, 2.24) is 14.9 Å². The lowest BCUT2D eigenvalue weighted by Gasteiger charge is -2.31. The number of hydrogen-bond donors (Lipinski definition) is 2. The Bertz CT molecular complexity index is 1610. The Balaban J connectivity index is 1.54. The summed E-state index contributed by atoms with van der Waals surface area (Å²) in [6.45, 7) is 4.98. The van der Waals surface area contributed by atoms with Crippen LogP contribution in [0.1, 0.15) is 21.6 Å². The summed E-state index contributed by atoms with van der Waals surface area (Å²) >= 11 is 0. The highest BCUT2D eigenvalue weighted by Crippen LogP contribution is 2.36. The van der Waals surface area contributed by atoms with Crippen LogP contribution in [0, 0.1) is 5.82 Å². The number of halogens is 1. The van der Waals surface area contributed by atoms with Gasteiger partial charge in [-0.1, -0.05) is 60.7 Å². The van der Waals surface area contributed by atoms with Gasteiger partial charge in [0.25, 0.3) is 5.91 Å². The number of benzene rings is 3. The lowest BCUT2D eigenvalue weighted by atomic mass is 10.1. The zero-order chi connectivity index (χ0) is 26.2. The molecule has 1 aliphatic heterocycles. The van der Waals surface area contributed by atoms with E-state index in [-0.39, 0.29) is 23.2 Å². The van der Waals surface area contributed by atoms with E-state index in [1.165, 1.54) is 12.1 Å². The first kappa shape index (κ1) is 24.8. The van der Waals surface area contributed by atoms with Gasteiger partial charge >= 0.3 is 0 Å². The molecule has 0 unspecified atom stereocenters. The van der Waals surface area contributed by atoms with E-state index >= 15 is 0 Å². The number of rotatable bonds is 6. The SMILES string of the molecule is CP(C)(=O)c1ccccc1CN/N=c1\c2ccccc2c(O)c2n1CCN(Cc1ccc(F)cc1)C2=O. The van der Waals surface area contributed by atoms with Crippen molar-refractivity contribution >= 4 is 29.1 Å². The van der Waals surface area contributed by atoms with E-state index in [4.69, 9.17) is 0 Å². The van der Waals surface area contributed by atoms with Gasteiger partial charge in [-0.15, -0.1) is 0 Å². The van der Waals surface area contributed by atoms with E-state index in [9.17, 15) is 18.9 Å².